The van der Waals surface area contributed by atoms with E-state index in [0.717, 1.165) is 0 Å². The zero-order valence-electron chi connectivity index (χ0n) is 17.0. The Balaban J connectivity index is 2.52. The lowest BCUT2D eigenvalue weighted by Crippen LogP contribution is -2.44. The molecule has 0 saturated heterocycles. The molecule has 1 heterocycles. The largest absolute Gasteiger partial charge is 0.467 e. The van der Waals surface area contributed by atoms with Gasteiger partial charge in [-0.05, 0) is 30.3 Å². The van der Waals surface area contributed by atoms with Gasteiger partial charge in [-0.3, -0.25) is 19.5 Å². The fourth-order valence-corrected chi connectivity index (χ4v) is 3.59. The van der Waals surface area contributed by atoms with Crippen molar-refractivity contribution < 1.29 is 18.9 Å². The molecule has 0 fully saturated rings. The quantitative estimate of drug-likeness (QED) is 0.314. The predicted molar refractivity (Wildman–Crippen MR) is 109 cm³/mol. The van der Waals surface area contributed by atoms with Crippen molar-refractivity contribution in [3.63, 3.8) is 0 Å². The van der Waals surface area contributed by atoms with E-state index in [0.29, 0.717) is 0 Å². The summed E-state index contributed by atoms with van der Waals surface area (Å²) in [6, 6.07) is 4.78. The third-order valence-electron chi connectivity index (χ3n) is 5.36. The van der Waals surface area contributed by atoms with Gasteiger partial charge >= 0.3 is 5.97 Å². The van der Waals surface area contributed by atoms with Gasteiger partial charge in [0, 0.05) is 12.3 Å². The molecule has 0 bridgehead atoms. The second kappa shape index (κ2) is 7.84. The molecule has 0 spiro atoms. The van der Waals surface area contributed by atoms with Crippen LogP contribution in [0.3, 0.4) is 0 Å². The lowest BCUT2D eigenvalue weighted by Gasteiger charge is -2.37. The molecule has 0 aliphatic rings. The van der Waals surface area contributed by atoms with Crippen LogP contribution in [0.25, 0.3) is 10.8 Å². The number of nitro benzene ring substituents is 1. The number of pyridine rings is 1. The number of hydrogen-bond donors (Lipinski definition) is 0. The van der Waals surface area contributed by atoms with Crippen LogP contribution in [0.5, 0.6) is 0 Å². The molecule has 2 aromatic rings. The number of esters is 1. The Bertz CT molecular complexity index is 961. The number of rotatable bonds is 6. The van der Waals surface area contributed by atoms with Crippen LogP contribution in [0.4, 0.5) is 5.69 Å². The van der Waals surface area contributed by atoms with E-state index < -0.39 is 30.8 Å². The molecule has 1 aromatic carbocycles. The van der Waals surface area contributed by atoms with Crippen molar-refractivity contribution in [2.75, 3.05) is 13.7 Å². The number of nitro groups is 1. The number of carbonyl (C=O) groups excluding carboxylic acids is 1. The van der Waals surface area contributed by atoms with E-state index in [2.05, 4.69) is 20.8 Å². The summed E-state index contributed by atoms with van der Waals surface area (Å²) in [6.07, 6.45) is 1.38. The molecular formula is C19H26N2O6Si. The lowest BCUT2D eigenvalue weighted by atomic mass is 10.1. The summed E-state index contributed by atoms with van der Waals surface area (Å²) >= 11 is 0. The summed E-state index contributed by atoms with van der Waals surface area (Å²) in [5.41, 5.74) is -0.663. The molecule has 0 amide bonds. The highest BCUT2D eigenvalue weighted by Crippen LogP contribution is 2.37. The molecule has 2 rings (SSSR count). The fraction of sp³-hybridized carbons (Fsp3) is 0.474. The first-order chi connectivity index (χ1) is 12.9. The number of methoxy groups -OCH3 is 1. The molecule has 0 N–H and O–H groups in total. The smallest absolute Gasteiger partial charge is 0.331 e. The summed E-state index contributed by atoms with van der Waals surface area (Å²) in [4.78, 5) is 36.0. The number of fused-ring (bicyclic) bond motifs is 1. The van der Waals surface area contributed by atoms with E-state index in [4.69, 9.17) is 9.16 Å². The zero-order chi connectivity index (χ0) is 21.3. The van der Waals surface area contributed by atoms with E-state index in [9.17, 15) is 19.7 Å². The highest BCUT2D eigenvalue weighted by atomic mass is 28.4. The average Bonchev–Trinajstić information content (AvgIpc) is 2.61. The Morgan fingerprint density at radius 2 is 1.89 bits per heavy atom. The maximum atomic E-state index is 13.0. The number of nitrogens with zero attached hydrogens (tertiary/aromatic N) is 2. The van der Waals surface area contributed by atoms with E-state index in [-0.39, 0.29) is 28.1 Å². The average molecular weight is 407 g/mol. The summed E-state index contributed by atoms with van der Waals surface area (Å²) < 4.78 is 12.2. The molecule has 0 aliphatic heterocycles. The van der Waals surface area contributed by atoms with Crippen molar-refractivity contribution in [1.29, 1.82) is 0 Å². The number of carbonyl (C=O) groups is 1. The van der Waals surface area contributed by atoms with Crippen LogP contribution in [0.2, 0.25) is 18.1 Å². The van der Waals surface area contributed by atoms with Crippen molar-refractivity contribution >= 4 is 30.7 Å². The van der Waals surface area contributed by atoms with Crippen LogP contribution in [0.1, 0.15) is 26.8 Å². The molecule has 0 aliphatic carbocycles. The van der Waals surface area contributed by atoms with Gasteiger partial charge in [0.2, 0.25) is 0 Å². The van der Waals surface area contributed by atoms with Gasteiger partial charge in [0.05, 0.1) is 29.4 Å². The van der Waals surface area contributed by atoms with Crippen molar-refractivity contribution in [3.05, 3.63) is 50.9 Å². The highest BCUT2D eigenvalue weighted by Gasteiger charge is 2.38. The van der Waals surface area contributed by atoms with Gasteiger partial charge in [-0.15, -0.1) is 0 Å². The van der Waals surface area contributed by atoms with Crippen LogP contribution in [-0.2, 0) is 14.0 Å². The monoisotopic (exact) mass is 406 g/mol. The fourth-order valence-electron chi connectivity index (χ4n) is 2.58. The molecule has 0 saturated carbocycles. The van der Waals surface area contributed by atoms with Crippen LogP contribution in [0, 0.1) is 10.1 Å². The molecule has 152 valence electrons. The maximum absolute atomic E-state index is 13.0. The van der Waals surface area contributed by atoms with Crippen molar-refractivity contribution in [2.45, 2.75) is 44.9 Å². The van der Waals surface area contributed by atoms with Gasteiger partial charge in [-0.25, -0.2) is 4.79 Å². The molecule has 1 aromatic heterocycles. The van der Waals surface area contributed by atoms with Crippen molar-refractivity contribution in [3.8, 4) is 0 Å². The second-order valence-corrected chi connectivity index (χ2v) is 12.9. The van der Waals surface area contributed by atoms with E-state index in [1.807, 2.05) is 13.1 Å². The summed E-state index contributed by atoms with van der Waals surface area (Å²) in [6.45, 7) is 10.3. The molecular weight excluding hydrogens is 380 g/mol. The Morgan fingerprint density at radius 1 is 1.25 bits per heavy atom. The minimum Gasteiger partial charge on any atom is -0.467 e. The normalized spacial score (nSPS) is 13.4. The number of hydrogen-bond acceptors (Lipinski definition) is 6. The minimum absolute atomic E-state index is 0.0104. The SMILES string of the molecule is COC(=O)C(CO[Si](C)(C)C(C)(C)C)n1ccc2c([N+](=O)[O-])cccc2c1=O. The molecule has 1 atom stereocenters. The highest BCUT2D eigenvalue weighted by molar-refractivity contribution is 6.74. The van der Waals surface area contributed by atoms with Crippen LogP contribution in [-0.4, -0.2) is 37.5 Å². The molecule has 9 heteroatoms. The standard InChI is InChI=1S/C19H26N2O6Si/c1-19(2,3)28(5,6)27-12-16(18(23)26-4)20-11-10-13-14(17(20)22)8-7-9-15(13)21(24)25/h7-11,16H,12H2,1-6H3. The van der Waals surface area contributed by atoms with Gasteiger partial charge in [-0.1, -0.05) is 26.8 Å². The van der Waals surface area contributed by atoms with E-state index >= 15 is 0 Å². The van der Waals surface area contributed by atoms with Crippen LogP contribution < -0.4 is 5.56 Å². The molecule has 0 radical (unpaired) electrons. The van der Waals surface area contributed by atoms with Gasteiger partial charge in [0.1, 0.15) is 0 Å². The summed E-state index contributed by atoms with van der Waals surface area (Å²) in [5.74, 6) is -0.606. The zero-order valence-corrected chi connectivity index (χ0v) is 18.0. The first kappa shape index (κ1) is 21.8. The summed E-state index contributed by atoms with van der Waals surface area (Å²) in [7, 11) is -0.918. The minimum atomic E-state index is -2.17. The van der Waals surface area contributed by atoms with Crippen LogP contribution in [0.15, 0.2) is 35.3 Å². The molecule has 28 heavy (non-hydrogen) atoms. The molecule has 1 unspecified atom stereocenters. The second-order valence-electron chi connectivity index (χ2n) is 8.13. The topological polar surface area (TPSA) is 101 Å². The Labute approximate surface area is 164 Å². The van der Waals surface area contributed by atoms with Crippen LogP contribution >= 0.6 is 0 Å². The van der Waals surface area contributed by atoms with Crippen molar-refractivity contribution in [1.82, 2.24) is 4.57 Å². The number of ether oxygens (including phenoxy) is 1. The first-order valence-electron chi connectivity index (χ1n) is 8.91. The van der Waals surface area contributed by atoms with Gasteiger partial charge < -0.3 is 9.16 Å². The van der Waals surface area contributed by atoms with Crippen molar-refractivity contribution in [2.24, 2.45) is 0 Å². The lowest BCUT2D eigenvalue weighted by molar-refractivity contribution is -0.383. The Hall–Kier alpha value is -2.52. The van der Waals surface area contributed by atoms with E-state index in [1.54, 1.807) is 0 Å². The number of benzene rings is 1. The third-order valence-corrected chi connectivity index (χ3v) is 9.86. The summed E-state index contributed by atoms with van der Waals surface area (Å²) in [5, 5.41) is 11.5. The van der Waals surface area contributed by atoms with E-state index in [1.165, 1.54) is 42.1 Å². The van der Waals surface area contributed by atoms with Gasteiger partial charge in [-0.2, -0.15) is 0 Å². The third kappa shape index (κ3) is 4.15. The molecule has 8 nitrogen and oxygen atoms in total. The Morgan fingerprint density at radius 3 is 2.43 bits per heavy atom. The Kier molecular flexibility index (Phi) is 6.10. The number of non-ortho nitro benzene ring substituents is 1. The number of aromatic nitrogens is 1. The maximum Gasteiger partial charge on any atom is 0.331 e. The van der Waals surface area contributed by atoms with Gasteiger partial charge in [0.15, 0.2) is 14.4 Å². The predicted octanol–water partition coefficient (Wildman–Crippen LogP) is 3.65. The first-order valence-corrected chi connectivity index (χ1v) is 11.8. The van der Waals surface area contributed by atoms with Gasteiger partial charge in [0.25, 0.3) is 11.2 Å².